The molecule has 0 aliphatic carbocycles. The SMILES string of the molecule is O=C(NCc1cnn(Cc2ccccc2)c1)N1CCCC1CO. The lowest BCUT2D eigenvalue weighted by atomic mass is 10.2. The number of likely N-dealkylation sites (tertiary alicyclic amines) is 1. The van der Waals surface area contributed by atoms with Gasteiger partial charge in [0.25, 0.3) is 0 Å². The van der Waals surface area contributed by atoms with Crippen molar-refractivity contribution in [2.75, 3.05) is 13.2 Å². The number of hydrogen-bond acceptors (Lipinski definition) is 3. The van der Waals surface area contributed by atoms with E-state index in [1.165, 1.54) is 5.56 Å². The number of carbonyl (C=O) groups excluding carboxylic acids is 1. The van der Waals surface area contributed by atoms with Crippen LogP contribution in [0.3, 0.4) is 0 Å². The van der Waals surface area contributed by atoms with Crippen LogP contribution in [0.25, 0.3) is 0 Å². The average molecular weight is 314 g/mol. The standard InChI is InChI=1S/C17H22N4O2/c22-13-16-7-4-8-21(16)17(23)18-9-15-10-19-20(12-15)11-14-5-2-1-3-6-14/h1-3,5-6,10,12,16,22H,4,7-9,11,13H2,(H,18,23). The maximum Gasteiger partial charge on any atom is 0.317 e. The summed E-state index contributed by atoms with van der Waals surface area (Å²) in [4.78, 5) is 13.9. The van der Waals surface area contributed by atoms with Gasteiger partial charge in [-0.05, 0) is 18.4 Å². The van der Waals surface area contributed by atoms with Crippen molar-refractivity contribution >= 4 is 6.03 Å². The fraction of sp³-hybridized carbons (Fsp3) is 0.412. The summed E-state index contributed by atoms with van der Waals surface area (Å²) in [5.41, 5.74) is 2.16. The van der Waals surface area contributed by atoms with E-state index in [4.69, 9.17) is 0 Å². The van der Waals surface area contributed by atoms with Gasteiger partial charge in [0.1, 0.15) is 0 Å². The highest BCUT2D eigenvalue weighted by Crippen LogP contribution is 2.16. The van der Waals surface area contributed by atoms with Gasteiger partial charge in [-0.15, -0.1) is 0 Å². The Balaban J connectivity index is 1.52. The summed E-state index contributed by atoms with van der Waals surface area (Å²) >= 11 is 0. The molecule has 122 valence electrons. The van der Waals surface area contributed by atoms with Crippen molar-refractivity contribution in [1.29, 1.82) is 0 Å². The molecule has 6 nitrogen and oxygen atoms in total. The molecule has 6 heteroatoms. The van der Waals surface area contributed by atoms with E-state index in [0.29, 0.717) is 19.6 Å². The number of aliphatic hydroxyl groups is 1. The van der Waals surface area contributed by atoms with E-state index in [2.05, 4.69) is 22.5 Å². The highest BCUT2D eigenvalue weighted by atomic mass is 16.3. The predicted molar refractivity (Wildman–Crippen MR) is 86.8 cm³/mol. The molecule has 1 unspecified atom stereocenters. The highest BCUT2D eigenvalue weighted by molar-refractivity contribution is 5.74. The molecule has 23 heavy (non-hydrogen) atoms. The zero-order chi connectivity index (χ0) is 16.1. The van der Waals surface area contributed by atoms with Crippen LogP contribution in [0.4, 0.5) is 4.79 Å². The van der Waals surface area contributed by atoms with Gasteiger partial charge >= 0.3 is 6.03 Å². The third-order valence-corrected chi connectivity index (χ3v) is 4.17. The molecule has 2 heterocycles. The molecule has 1 saturated heterocycles. The van der Waals surface area contributed by atoms with Crippen molar-refractivity contribution in [3.63, 3.8) is 0 Å². The smallest absolute Gasteiger partial charge is 0.317 e. The summed E-state index contributed by atoms with van der Waals surface area (Å²) in [6.45, 7) is 1.91. The number of benzene rings is 1. The first-order valence-corrected chi connectivity index (χ1v) is 7.97. The fourth-order valence-corrected chi connectivity index (χ4v) is 2.93. The van der Waals surface area contributed by atoms with Gasteiger partial charge < -0.3 is 15.3 Å². The normalized spacial score (nSPS) is 17.4. The highest BCUT2D eigenvalue weighted by Gasteiger charge is 2.27. The van der Waals surface area contributed by atoms with E-state index < -0.39 is 0 Å². The molecule has 2 aromatic rings. The Labute approximate surface area is 135 Å². The van der Waals surface area contributed by atoms with Gasteiger partial charge in [0.2, 0.25) is 0 Å². The quantitative estimate of drug-likeness (QED) is 0.880. The van der Waals surface area contributed by atoms with E-state index in [-0.39, 0.29) is 18.7 Å². The molecular formula is C17H22N4O2. The Morgan fingerprint density at radius 1 is 1.30 bits per heavy atom. The summed E-state index contributed by atoms with van der Waals surface area (Å²) in [5, 5.41) is 16.5. The minimum absolute atomic E-state index is 0.0302. The van der Waals surface area contributed by atoms with Crippen LogP contribution in [0.15, 0.2) is 42.7 Å². The lowest BCUT2D eigenvalue weighted by molar-refractivity contribution is 0.157. The Bertz CT molecular complexity index is 641. The zero-order valence-electron chi connectivity index (χ0n) is 13.1. The Morgan fingerprint density at radius 3 is 2.91 bits per heavy atom. The summed E-state index contributed by atoms with van der Waals surface area (Å²) in [6.07, 6.45) is 5.55. The first-order chi connectivity index (χ1) is 11.3. The van der Waals surface area contributed by atoms with Gasteiger partial charge in [-0.25, -0.2) is 4.79 Å². The van der Waals surface area contributed by atoms with Crippen molar-refractivity contribution in [3.05, 3.63) is 53.9 Å². The molecule has 0 saturated carbocycles. The van der Waals surface area contributed by atoms with Crippen LogP contribution in [0.2, 0.25) is 0 Å². The summed E-state index contributed by atoms with van der Waals surface area (Å²) in [6, 6.07) is 9.97. The molecule has 1 aliphatic heterocycles. The summed E-state index contributed by atoms with van der Waals surface area (Å²) < 4.78 is 1.86. The number of nitrogens with one attached hydrogen (secondary N) is 1. The minimum Gasteiger partial charge on any atom is -0.394 e. The van der Waals surface area contributed by atoms with Gasteiger partial charge in [0.15, 0.2) is 0 Å². The largest absolute Gasteiger partial charge is 0.394 e. The van der Waals surface area contributed by atoms with Crippen molar-refractivity contribution < 1.29 is 9.90 Å². The van der Waals surface area contributed by atoms with Gasteiger partial charge in [-0.1, -0.05) is 30.3 Å². The number of amides is 2. The van der Waals surface area contributed by atoms with Crippen LogP contribution in [0.5, 0.6) is 0 Å². The van der Waals surface area contributed by atoms with Crippen molar-refractivity contribution in [1.82, 2.24) is 20.0 Å². The first kappa shape index (κ1) is 15.6. The number of rotatable bonds is 5. The third-order valence-electron chi connectivity index (χ3n) is 4.17. The Morgan fingerprint density at radius 2 is 2.13 bits per heavy atom. The zero-order valence-corrected chi connectivity index (χ0v) is 13.1. The van der Waals surface area contributed by atoms with Crippen LogP contribution >= 0.6 is 0 Å². The lowest BCUT2D eigenvalue weighted by Gasteiger charge is -2.23. The second-order valence-corrected chi connectivity index (χ2v) is 5.86. The minimum atomic E-state index is -0.114. The molecule has 3 rings (SSSR count). The summed E-state index contributed by atoms with van der Waals surface area (Å²) in [7, 11) is 0. The van der Waals surface area contributed by atoms with Crippen LogP contribution in [0, 0.1) is 0 Å². The van der Waals surface area contributed by atoms with Gasteiger partial charge in [-0.3, -0.25) is 4.68 Å². The number of aliphatic hydroxyl groups excluding tert-OH is 1. The second kappa shape index (κ2) is 7.28. The van der Waals surface area contributed by atoms with E-state index >= 15 is 0 Å². The van der Waals surface area contributed by atoms with Gasteiger partial charge in [0, 0.05) is 24.8 Å². The van der Waals surface area contributed by atoms with Crippen molar-refractivity contribution in [2.45, 2.75) is 32.0 Å². The number of aromatic nitrogens is 2. The predicted octanol–water partition coefficient (Wildman–Crippen LogP) is 1.60. The van der Waals surface area contributed by atoms with Gasteiger partial charge in [-0.2, -0.15) is 5.10 Å². The van der Waals surface area contributed by atoms with Gasteiger partial charge in [0.05, 0.1) is 25.4 Å². The van der Waals surface area contributed by atoms with Crippen LogP contribution in [-0.4, -0.2) is 45.0 Å². The average Bonchev–Trinajstić information content (AvgIpc) is 3.22. The first-order valence-electron chi connectivity index (χ1n) is 7.97. The van der Waals surface area contributed by atoms with Crippen LogP contribution < -0.4 is 5.32 Å². The molecular weight excluding hydrogens is 292 g/mol. The third kappa shape index (κ3) is 3.90. The number of urea groups is 1. The number of nitrogens with zero attached hydrogens (tertiary/aromatic N) is 3. The second-order valence-electron chi connectivity index (χ2n) is 5.86. The molecule has 0 bridgehead atoms. The molecule has 1 aromatic heterocycles. The van der Waals surface area contributed by atoms with Crippen LogP contribution in [-0.2, 0) is 13.1 Å². The molecule has 2 amide bonds. The van der Waals surface area contributed by atoms with Crippen LogP contribution in [0.1, 0.15) is 24.0 Å². The molecule has 0 spiro atoms. The fourth-order valence-electron chi connectivity index (χ4n) is 2.93. The molecule has 2 N–H and O–H groups in total. The summed E-state index contributed by atoms with van der Waals surface area (Å²) in [5.74, 6) is 0. The van der Waals surface area contributed by atoms with E-state index in [0.717, 1.165) is 18.4 Å². The molecule has 1 fully saturated rings. The number of hydrogen-bond donors (Lipinski definition) is 2. The number of carbonyl (C=O) groups is 1. The molecule has 1 atom stereocenters. The topological polar surface area (TPSA) is 70.4 Å². The van der Waals surface area contributed by atoms with Crippen molar-refractivity contribution in [2.24, 2.45) is 0 Å². The Kier molecular flexibility index (Phi) is 4.92. The molecule has 1 aliphatic rings. The van der Waals surface area contributed by atoms with E-state index in [1.807, 2.05) is 29.1 Å². The lowest BCUT2D eigenvalue weighted by Crippen LogP contribution is -2.43. The molecule has 1 aromatic carbocycles. The van der Waals surface area contributed by atoms with E-state index in [9.17, 15) is 9.90 Å². The maximum atomic E-state index is 12.2. The Hall–Kier alpha value is -2.34. The maximum absolute atomic E-state index is 12.2. The molecule has 0 radical (unpaired) electrons. The van der Waals surface area contributed by atoms with E-state index in [1.54, 1.807) is 11.1 Å². The van der Waals surface area contributed by atoms with Crippen molar-refractivity contribution in [3.8, 4) is 0 Å². The monoisotopic (exact) mass is 314 g/mol.